The molecule has 3 saturated carbocycles. The van der Waals surface area contributed by atoms with E-state index < -0.39 is 5.91 Å². The number of halogens is 3. The Morgan fingerprint density at radius 3 is 2.57 bits per heavy atom. The van der Waals surface area contributed by atoms with Crippen LogP contribution >= 0.6 is 34.8 Å². The lowest BCUT2D eigenvalue weighted by atomic mass is 9.48. The third-order valence-electron chi connectivity index (χ3n) is 8.48. The van der Waals surface area contributed by atoms with Gasteiger partial charge < -0.3 is 19.7 Å². The summed E-state index contributed by atoms with van der Waals surface area (Å²) in [5.41, 5.74) is 8.26. The summed E-state index contributed by atoms with van der Waals surface area (Å²) >= 11 is 18.9. The minimum Gasteiger partial charge on any atom is -0.492 e. The highest BCUT2D eigenvalue weighted by Crippen LogP contribution is 2.61. The van der Waals surface area contributed by atoms with Crippen LogP contribution in [0.1, 0.15) is 79.6 Å². The number of allylic oxidation sites excluding steroid dienone is 1. The topological polar surface area (TPSA) is 113 Å². The monoisotopic (exact) mass is 630 g/mol. The zero-order chi connectivity index (χ0) is 29.4. The summed E-state index contributed by atoms with van der Waals surface area (Å²) in [6, 6.07) is 1.69. The zero-order valence-electron chi connectivity index (χ0n) is 23.3. The first-order valence-corrected chi connectivity index (χ1v) is 15.6. The van der Waals surface area contributed by atoms with E-state index in [4.69, 9.17) is 54.5 Å². The number of rotatable bonds is 12. The number of alkyl halides is 1. The van der Waals surface area contributed by atoms with Crippen LogP contribution in [0.5, 0.6) is 11.5 Å². The van der Waals surface area contributed by atoms with E-state index in [1.165, 1.54) is 6.20 Å². The van der Waals surface area contributed by atoms with E-state index in [1.807, 2.05) is 6.92 Å². The molecular formula is C31H33Cl3N4O4. The van der Waals surface area contributed by atoms with Crippen LogP contribution in [0.25, 0.3) is 17.3 Å². The summed E-state index contributed by atoms with van der Waals surface area (Å²) < 4.78 is 17.5. The maximum Gasteiger partial charge on any atom is 0.271 e. The predicted molar refractivity (Wildman–Crippen MR) is 162 cm³/mol. The molecule has 3 aliphatic rings. The number of hydrogen-bond acceptors (Lipinski definition) is 7. The lowest BCUT2D eigenvalue weighted by Crippen LogP contribution is -2.48. The van der Waals surface area contributed by atoms with Gasteiger partial charge in [0, 0.05) is 40.9 Å². The molecular weight excluding hydrogens is 599 g/mol. The maximum atomic E-state index is 11.7. The fourth-order valence-electron chi connectivity index (χ4n) is 6.31. The smallest absolute Gasteiger partial charge is 0.271 e. The van der Waals surface area contributed by atoms with E-state index in [-0.39, 0.29) is 11.1 Å². The van der Waals surface area contributed by atoms with Crippen LogP contribution in [0.15, 0.2) is 35.3 Å². The van der Waals surface area contributed by atoms with E-state index in [0.29, 0.717) is 75.6 Å². The fourth-order valence-corrected chi connectivity index (χ4v) is 6.94. The van der Waals surface area contributed by atoms with Gasteiger partial charge in [-0.1, -0.05) is 40.5 Å². The van der Waals surface area contributed by atoms with Crippen LogP contribution in [0, 0.1) is 17.3 Å². The van der Waals surface area contributed by atoms with Crippen molar-refractivity contribution in [2.45, 2.75) is 63.2 Å². The fraction of sp³-hybridized carbons (Fsp3) is 0.484. The average Bonchev–Trinajstić information content (AvgIpc) is 3.66. The van der Waals surface area contributed by atoms with Crippen molar-refractivity contribution in [1.29, 1.82) is 0 Å². The highest BCUT2D eigenvalue weighted by atomic mass is 35.5. The number of aromatic nitrogens is 3. The maximum absolute atomic E-state index is 11.7. The lowest BCUT2D eigenvalue weighted by molar-refractivity contribution is -0.0657. The zero-order valence-corrected chi connectivity index (χ0v) is 25.6. The quantitative estimate of drug-likeness (QED) is 0.204. The Morgan fingerprint density at radius 2 is 1.90 bits per heavy atom. The van der Waals surface area contributed by atoms with Crippen molar-refractivity contribution in [2.75, 3.05) is 13.2 Å². The Morgan fingerprint density at radius 1 is 1.17 bits per heavy atom. The number of hydrogen-bond donors (Lipinski definition) is 1. The van der Waals surface area contributed by atoms with Gasteiger partial charge >= 0.3 is 0 Å². The molecule has 222 valence electrons. The van der Waals surface area contributed by atoms with Crippen LogP contribution in [-0.2, 0) is 0 Å². The highest BCUT2D eigenvalue weighted by molar-refractivity contribution is 6.39. The molecule has 6 rings (SSSR count). The van der Waals surface area contributed by atoms with Crippen LogP contribution in [0.3, 0.4) is 0 Å². The van der Waals surface area contributed by atoms with Crippen LogP contribution in [0.4, 0.5) is 0 Å². The second kappa shape index (κ2) is 12.1. The summed E-state index contributed by atoms with van der Waals surface area (Å²) in [5.74, 6) is 2.56. The Hall–Kier alpha value is -2.81. The molecule has 3 fully saturated rings. The number of nitrogens with zero attached hydrogens (tertiary/aromatic N) is 3. The number of primary amides is 1. The Kier molecular flexibility index (Phi) is 8.40. The molecule has 1 unspecified atom stereocenters. The molecule has 3 heterocycles. The van der Waals surface area contributed by atoms with Crippen molar-refractivity contribution in [3.63, 3.8) is 0 Å². The number of carbonyl (C=O) groups is 1. The molecule has 3 aromatic rings. The van der Waals surface area contributed by atoms with Crippen molar-refractivity contribution in [3.8, 4) is 22.8 Å². The van der Waals surface area contributed by atoms with Crippen molar-refractivity contribution in [2.24, 2.45) is 23.0 Å². The van der Waals surface area contributed by atoms with E-state index in [1.54, 1.807) is 18.5 Å². The molecule has 8 nitrogen and oxygen atoms in total. The molecule has 11 heteroatoms. The first-order chi connectivity index (χ1) is 20.2. The molecule has 1 atom stereocenters. The van der Waals surface area contributed by atoms with E-state index >= 15 is 0 Å². The van der Waals surface area contributed by atoms with Gasteiger partial charge in [0.15, 0.2) is 11.4 Å². The minimum absolute atomic E-state index is 0.0347. The van der Waals surface area contributed by atoms with E-state index in [2.05, 4.69) is 27.3 Å². The molecule has 0 saturated heterocycles. The predicted octanol–water partition coefficient (Wildman–Crippen LogP) is 7.71. The normalized spacial score (nSPS) is 23.9. The lowest BCUT2D eigenvalue weighted by Gasteiger charge is -2.57. The van der Waals surface area contributed by atoms with E-state index in [9.17, 15) is 4.79 Å². The van der Waals surface area contributed by atoms with Gasteiger partial charge in [-0.2, -0.15) is 0 Å². The summed E-state index contributed by atoms with van der Waals surface area (Å²) in [4.78, 5) is 20.0. The summed E-state index contributed by atoms with van der Waals surface area (Å²) in [7, 11) is 0. The highest BCUT2D eigenvalue weighted by Gasteiger charge is 2.52. The first kappa shape index (κ1) is 29.3. The Bertz CT molecular complexity index is 1470. The number of nitrogens with two attached hydrogens (primary N) is 1. The number of amides is 1. The molecule has 0 aromatic carbocycles. The molecule has 2 N–H and O–H groups in total. The first-order valence-electron chi connectivity index (χ1n) is 14.4. The average molecular weight is 632 g/mol. The SMILES string of the molecule is CC(Cl)CCOc1cc(OCC2CC3(CC(/C=C/c4c(-c5c(Cl)cncc5Cl)noc4C4CC4)C3)C2)cnc1C(N)=O. The third-order valence-corrected chi connectivity index (χ3v) is 9.27. The van der Waals surface area contributed by atoms with Gasteiger partial charge in [0.1, 0.15) is 17.2 Å². The summed E-state index contributed by atoms with van der Waals surface area (Å²) in [5, 5.41) is 5.25. The van der Waals surface area contributed by atoms with Crippen LogP contribution in [-0.4, -0.2) is 39.6 Å². The molecule has 3 aromatic heterocycles. The van der Waals surface area contributed by atoms with Gasteiger partial charge in [-0.15, -0.1) is 11.6 Å². The van der Waals surface area contributed by atoms with Gasteiger partial charge in [0.25, 0.3) is 5.91 Å². The van der Waals surface area contributed by atoms with Gasteiger partial charge in [-0.3, -0.25) is 9.78 Å². The number of pyridine rings is 2. The molecule has 3 aliphatic carbocycles. The third kappa shape index (κ3) is 6.26. The van der Waals surface area contributed by atoms with Crippen molar-refractivity contribution >= 4 is 46.8 Å². The molecule has 1 amide bonds. The molecule has 0 aliphatic heterocycles. The Labute approximate surface area is 259 Å². The molecule has 42 heavy (non-hydrogen) atoms. The Balaban J connectivity index is 1.03. The van der Waals surface area contributed by atoms with Gasteiger partial charge in [0.05, 0.1) is 29.5 Å². The van der Waals surface area contributed by atoms with Crippen molar-refractivity contribution in [3.05, 3.63) is 57.8 Å². The van der Waals surface area contributed by atoms with E-state index in [0.717, 1.165) is 49.8 Å². The number of ether oxygens (including phenoxy) is 2. The standard InChI is InChI=1S/C31H33Cl3N4O4/c1-17(32)6-7-40-25-8-21(13-37-28(25)30(35)39)41-16-19-11-31(12-19)9-18(10-31)2-5-22-27(38-42-29(22)20-3-4-20)26-23(33)14-36-15-24(26)34/h2,5,8,13-15,17-20H,3-4,6-7,9-12,16H2,1H3,(H2,35,39)/b5-2+. The van der Waals surface area contributed by atoms with Crippen LogP contribution in [0.2, 0.25) is 10.0 Å². The van der Waals surface area contributed by atoms with Gasteiger partial charge in [-0.05, 0) is 69.1 Å². The van der Waals surface area contributed by atoms with Crippen molar-refractivity contribution < 1.29 is 18.8 Å². The second-order valence-electron chi connectivity index (χ2n) is 12.0. The largest absolute Gasteiger partial charge is 0.492 e. The molecule has 1 spiro atoms. The van der Waals surface area contributed by atoms with Crippen molar-refractivity contribution in [1.82, 2.24) is 15.1 Å². The summed E-state index contributed by atoms with van der Waals surface area (Å²) in [6.07, 6.45) is 16.6. The summed E-state index contributed by atoms with van der Waals surface area (Å²) in [6.45, 7) is 2.85. The number of carbonyl (C=O) groups excluding carboxylic acids is 1. The van der Waals surface area contributed by atoms with Gasteiger partial charge in [0.2, 0.25) is 0 Å². The molecule has 0 bridgehead atoms. The second-order valence-corrected chi connectivity index (χ2v) is 13.5. The van der Waals surface area contributed by atoms with Crippen LogP contribution < -0.4 is 15.2 Å². The minimum atomic E-state index is -0.640. The van der Waals surface area contributed by atoms with Gasteiger partial charge in [-0.25, -0.2) is 4.98 Å². The molecule has 0 radical (unpaired) electrons.